The van der Waals surface area contributed by atoms with Crippen molar-refractivity contribution < 1.29 is 12.8 Å². The molecule has 0 radical (unpaired) electrons. The highest BCUT2D eigenvalue weighted by Gasteiger charge is 2.21. The summed E-state index contributed by atoms with van der Waals surface area (Å²) in [5.41, 5.74) is 0.861. The molecule has 0 heterocycles. The van der Waals surface area contributed by atoms with E-state index in [-0.39, 0.29) is 15.6 Å². The molecule has 0 aliphatic rings. The molecule has 0 aliphatic heterocycles. The lowest BCUT2D eigenvalue weighted by molar-refractivity contribution is 0.597. The Balaban J connectivity index is 2.48. The van der Waals surface area contributed by atoms with Crippen LogP contribution >= 0.6 is 23.2 Å². The molecular weight excluding hydrogens is 336 g/mol. The molecule has 112 valence electrons. The van der Waals surface area contributed by atoms with Gasteiger partial charge in [0.05, 0.1) is 15.6 Å². The monoisotopic (exact) mass is 347 g/mol. The van der Waals surface area contributed by atoms with Gasteiger partial charge in [0.2, 0.25) is 0 Å². The average molecular weight is 348 g/mol. The van der Waals surface area contributed by atoms with Crippen LogP contribution in [0.25, 0.3) is 0 Å². The summed E-state index contributed by atoms with van der Waals surface area (Å²) in [5.74, 6) is -0.478. The van der Waals surface area contributed by atoms with Gasteiger partial charge in [-0.2, -0.15) is 0 Å². The van der Waals surface area contributed by atoms with Crippen LogP contribution in [0.4, 0.5) is 10.1 Å². The standard InChI is InChI=1S/C14H12Cl2FNO2S/c1-8-5-11(17)6-9(2)14(8)21(19,20)18-13-4-3-10(15)7-12(13)16/h3-7,18H,1-2H3. The highest BCUT2D eigenvalue weighted by molar-refractivity contribution is 7.92. The van der Waals surface area contributed by atoms with Gasteiger partial charge >= 0.3 is 0 Å². The van der Waals surface area contributed by atoms with E-state index in [0.717, 1.165) is 0 Å². The third kappa shape index (κ3) is 3.48. The van der Waals surface area contributed by atoms with Crippen molar-refractivity contribution in [1.29, 1.82) is 0 Å². The van der Waals surface area contributed by atoms with Crippen LogP contribution in [0.2, 0.25) is 10.0 Å². The molecule has 0 fully saturated rings. The fourth-order valence-electron chi connectivity index (χ4n) is 2.09. The molecule has 0 spiro atoms. The van der Waals surface area contributed by atoms with Crippen molar-refractivity contribution in [3.05, 3.63) is 57.3 Å². The van der Waals surface area contributed by atoms with Gasteiger partial charge in [-0.1, -0.05) is 23.2 Å². The van der Waals surface area contributed by atoms with Gasteiger partial charge in [-0.3, -0.25) is 4.72 Å². The molecule has 3 nitrogen and oxygen atoms in total. The van der Waals surface area contributed by atoms with Crippen LogP contribution in [0.15, 0.2) is 35.2 Å². The second-order valence-corrected chi connectivity index (χ2v) is 7.06. The first-order valence-electron chi connectivity index (χ1n) is 5.95. The topological polar surface area (TPSA) is 46.2 Å². The van der Waals surface area contributed by atoms with E-state index in [0.29, 0.717) is 16.1 Å². The van der Waals surface area contributed by atoms with Gasteiger partial charge in [-0.15, -0.1) is 0 Å². The lowest BCUT2D eigenvalue weighted by Gasteiger charge is -2.14. The number of nitrogens with one attached hydrogen (secondary N) is 1. The Morgan fingerprint density at radius 3 is 2.14 bits per heavy atom. The first-order valence-corrected chi connectivity index (χ1v) is 8.19. The fourth-order valence-corrected chi connectivity index (χ4v) is 4.14. The molecule has 2 aromatic rings. The van der Waals surface area contributed by atoms with Crippen LogP contribution in [0, 0.1) is 19.7 Å². The Labute approximate surface area is 132 Å². The van der Waals surface area contributed by atoms with Crippen LogP contribution in [0.1, 0.15) is 11.1 Å². The molecule has 0 aliphatic carbocycles. The molecule has 7 heteroatoms. The Hall–Kier alpha value is -1.30. The second kappa shape index (κ2) is 5.83. The average Bonchev–Trinajstić information content (AvgIpc) is 2.30. The zero-order valence-electron chi connectivity index (χ0n) is 11.2. The highest BCUT2D eigenvalue weighted by Crippen LogP contribution is 2.29. The van der Waals surface area contributed by atoms with E-state index in [2.05, 4.69) is 4.72 Å². The van der Waals surface area contributed by atoms with Gasteiger partial charge in [0, 0.05) is 5.02 Å². The predicted octanol–water partition coefficient (Wildman–Crippen LogP) is 4.55. The number of benzene rings is 2. The molecule has 0 unspecified atom stereocenters. The zero-order valence-corrected chi connectivity index (χ0v) is 13.6. The second-order valence-electron chi connectivity index (χ2n) is 4.60. The van der Waals surface area contributed by atoms with Gasteiger partial charge in [0.1, 0.15) is 5.82 Å². The number of halogens is 3. The Kier molecular flexibility index (Phi) is 4.46. The van der Waals surface area contributed by atoms with Crippen molar-refractivity contribution in [2.24, 2.45) is 0 Å². The molecule has 1 N–H and O–H groups in total. The van der Waals surface area contributed by atoms with Crippen molar-refractivity contribution in [2.75, 3.05) is 4.72 Å². The molecule has 21 heavy (non-hydrogen) atoms. The Morgan fingerprint density at radius 2 is 1.62 bits per heavy atom. The molecule has 0 saturated carbocycles. The third-order valence-electron chi connectivity index (χ3n) is 2.87. The van der Waals surface area contributed by atoms with Gasteiger partial charge < -0.3 is 0 Å². The maximum absolute atomic E-state index is 13.3. The van der Waals surface area contributed by atoms with Gasteiger partial charge in [0.25, 0.3) is 10.0 Å². The quantitative estimate of drug-likeness (QED) is 0.885. The first kappa shape index (κ1) is 16.1. The summed E-state index contributed by atoms with van der Waals surface area (Å²) in [7, 11) is -3.87. The van der Waals surface area contributed by atoms with Crippen molar-refractivity contribution in [3.8, 4) is 0 Å². The zero-order chi connectivity index (χ0) is 15.8. The van der Waals surface area contributed by atoms with E-state index in [1.165, 1.54) is 44.2 Å². The first-order chi connectivity index (χ1) is 9.70. The van der Waals surface area contributed by atoms with E-state index in [4.69, 9.17) is 23.2 Å². The summed E-state index contributed by atoms with van der Waals surface area (Å²) < 4.78 is 40.6. The maximum atomic E-state index is 13.3. The molecule has 0 bridgehead atoms. The minimum Gasteiger partial charge on any atom is -0.278 e. The van der Waals surface area contributed by atoms with E-state index < -0.39 is 15.8 Å². The molecular formula is C14H12Cl2FNO2S. The van der Waals surface area contributed by atoms with E-state index >= 15 is 0 Å². The van der Waals surface area contributed by atoms with Gasteiger partial charge in [-0.05, 0) is 55.3 Å². The van der Waals surface area contributed by atoms with Crippen LogP contribution in [0.3, 0.4) is 0 Å². The van der Waals surface area contributed by atoms with Crippen molar-refractivity contribution >= 4 is 38.9 Å². The summed E-state index contributed by atoms with van der Waals surface area (Å²) in [5, 5.41) is 0.584. The third-order valence-corrected chi connectivity index (χ3v) is 5.09. The Morgan fingerprint density at radius 1 is 1.05 bits per heavy atom. The number of hydrogen-bond donors (Lipinski definition) is 1. The van der Waals surface area contributed by atoms with Crippen molar-refractivity contribution in [3.63, 3.8) is 0 Å². The molecule has 2 aromatic carbocycles. The largest absolute Gasteiger partial charge is 0.278 e. The van der Waals surface area contributed by atoms with E-state index in [9.17, 15) is 12.8 Å². The lowest BCUT2D eigenvalue weighted by atomic mass is 10.1. The summed E-state index contributed by atoms with van der Waals surface area (Å²) in [6.45, 7) is 3.07. The Bertz CT molecular complexity index is 784. The molecule has 0 amide bonds. The summed E-state index contributed by atoms with van der Waals surface area (Å²) in [6.07, 6.45) is 0. The normalized spacial score (nSPS) is 11.5. The molecule has 0 saturated heterocycles. The minimum absolute atomic E-state index is 0.0370. The van der Waals surface area contributed by atoms with Gasteiger partial charge in [0.15, 0.2) is 0 Å². The lowest BCUT2D eigenvalue weighted by Crippen LogP contribution is -2.16. The number of anilines is 1. The minimum atomic E-state index is -3.87. The summed E-state index contributed by atoms with van der Waals surface area (Å²) >= 11 is 11.7. The number of rotatable bonds is 3. The van der Waals surface area contributed by atoms with Crippen LogP contribution < -0.4 is 4.72 Å². The SMILES string of the molecule is Cc1cc(F)cc(C)c1S(=O)(=O)Nc1ccc(Cl)cc1Cl. The van der Waals surface area contributed by atoms with Crippen LogP contribution in [-0.2, 0) is 10.0 Å². The fraction of sp³-hybridized carbons (Fsp3) is 0.143. The van der Waals surface area contributed by atoms with Crippen LogP contribution in [0.5, 0.6) is 0 Å². The predicted molar refractivity (Wildman–Crippen MR) is 83.1 cm³/mol. The smallest absolute Gasteiger partial charge is 0.262 e. The van der Waals surface area contributed by atoms with Gasteiger partial charge in [-0.25, -0.2) is 12.8 Å². The number of sulfonamides is 1. The number of hydrogen-bond acceptors (Lipinski definition) is 2. The highest BCUT2D eigenvalue weighted by atomic mass is 35.5. The molecule has 0 atom stereocenters. The maximum Gasteiger partial charge on any atom is 0.262 e. The van der Waals surface area contributed by atoms with E-state index in [1.807, 2.05) is 0 Å². The molecule has 0 aromatic heterocycles. The van der Waals surface area contributed by atoms with Crippen LogP contribution in [-0.4, -0.2) is 8.42 Å². The summed E-state index contributed by atoms with van der Waals surface area (Å²) in [4.78, 5) is 0.0370. The molecule has 2 rings (SSSR count). The summed E-state index contributed by atoms with van der Waals surface area (Å²) in [6, 6.07) is 6.77. The number of aryl methyl sites for hydroxylation is 2. The van der Waals surface area contributed by atoms with Crippen molar-refractivity contribution in [1.82, 2.24) is 0 Å². The van der Waals surface area contributed by atoms with E-state index in [1.54, 1.807) is 0 Å². The van der Waals surface area contributed by atoms with Crippen molar-refractivity contribution in [2.45, 2.75) is 18.7 Å².